The molecule has 0 aliphatic heterocycles. The van der Waals surface area contributed by atoms with Crippen LogP contribution in [0.2, 0.25) is 0 Å². The molecule has 0 fully saturated rings. The fourth-order valence-corrected chi connectivity index (χ4v) is 2.63. The molecule has 0 spiro atoms. The Kier molecular flexibility index (Phi) is 3.59. The summed E-state index contributed by atoms with van der Waals surface area (Å²) in [5.41, 5.74) is 3.49. The zero-order valence-corrected chi connectivity index (χ0v) is 12.7. The summed E-state index contributed by atoms with van der Waals surface area (Å²) in [6.07, 6.45) is 0. The second-order valence-corrected chi connectivity index (χ2v) is 6.77. The van der Waals surface area contributed by atoms with E-state index in [1.54, 1.807) is 7.11 Å². The molecule has 1 N–H and O–H groups in total. The van der Waals surface area contributed by atoms with Crippen molar-refractivity contribution in [3.63, 3.8) is 0 Å². The summed E-state index contributed by atoms with van der Waals surface area (Å²) < 4.78 is 6.21. The van der Waals surface area contributed by atoms with Gasteiger partial charge in [0.2, 0.25) is 0 Å². The van der Waals surface area contributed by atoms with E-state index in [4.69, 9.17) is 17.0 Å². The molecule has 0 unspecified atom stereocenters. The highest BCUT2D eigenvalue weighted by atomic mass is 32.1. The van der Waals surface area contributed by atoms with E-state index in [-0.39, 0.29) is 5.41 Å². The number of methoxy groups -OCH3 is 1. The number of ether oxygens (including phenoxy) is 1. The Balaban J connectivity index is 2.60. The number of aromatic nitrogens is 1. The zero-order chi connectivity index (χ0) is 13.3. The van der Waals surface area contributed by atoms with E-state index >= 15 is 0 Å². The summed E-state index contributed by atoms with van der Waals surface area (Å²) in [6, 6.07) is 6.31. The van der Waals surface area contributed by atoms with Crippen LogP contribution in [0.25, 0.3) is 11.3 Å². The van der Waals surface area contributed by atoms with Gasteiger partial charge in [-0.25, -0.2) is 0 Å². The van der Waals surface area contributed by atoms with Crippen molar-refractivity contribution >= 4 is 23.6 Å². The highest BCUT2D eigenvalue weighted by Gasteiger charge is 2.17. The molecule has 0 saturated heterocycles. The molecule has 0 aliphatic rings. The van der Waals surface area contributed by atoms with Gasteiger partial charge in [-0.3, -0.25) is 0 Å². The summed E-state index contributed by atoms with van der Waals surface area (Å²) in [4.78, 5) is 3.20. The largest absolute Gasteiger partial charge is 0.496 e. The number of H-pyrrole nitrogens is 1. The van der Waals surface area contributed by atoms with Gasteiger partial charge in [0.1, 0.15) is 5.75 Å². The van der Waals surface area contributed by atoms with Crippen molar-refractivity contribution in [1.29, 1.82) is 0 Å². The Hall–Kier alpha value is -1.13. The van der Waals surface area contributed by atoms with Crippen molar-refractivity contribution in [2.45, 2.75) is 26.2 Å². The van der Waals surface area contributed by atoms with Crippen LogP contribution in [0.5, 0.6) is 5.75 Å². The second kappa shape index (κ2) is 4.86. The maximum absolute atomic E-state index is 5.43. The fraction of sp³-hybridized carbons (Fsp3) is 0.357. The highest BCUT2D eigenvalue weighted by Crippen LogP contribution is 2.34. The Labute approximate surface area is 117 Å². The molecule has 2 rings (SSSR count). The minimum Gasteiger partial charge on any atom is -0.496 e. The van der Waals surface area contributed by atoms with Crippen molar-refractivity contribution in [2.75, 3.05) is 7.11 Å². The van der Waals surface area contributed by atoms with E-state index in [9.17, 15) is 0 Å². The Morgan fingerprint density at radius 3 is 2.50 bits per heavy atom. The normalized spacial score (nSPS) is 11.6. The minimum atomic E-state index is 0.119. The maximum Gasteiger partial charge on any atom is 0.158 e. The molecule has 0 amide bonds. The predicted octanol–water partition coefficient (Wildman–Crippen LogP) is 4.78. The molecule has 0 radical (unpaired) electrons. The van der Waals surface area contributed by atoms with Gasteiger partial charge in [0.15, 0.2) is 3.95 Å². The predicted molar refractivity (Wildman–Crippen MR) is 80.2 cm³/mol. The first-order chi connectivity index (χ1) is 8.41. The third kappa shape index (κ3) is 2.65. The molecule has 0 bridgehead atoms. The average Bonchev–Trinajstić information content (AvgIpc) is 2.73. The van der Waals surface area contributed by atoms with Crippen molar-refractivity contribution < 1.29 is 4.74 Å². The van der Waals surface area contributed by atoms with Gasteiger partial charge in [0.25, 0.3) is 0 Å². The van der Waals surface area contributed by atoms with E-state index in [1.807, 2.05) is 11.4 Å². The quantitative estimate of drug-likeness (QED) is 0.800. The molecule has 4 heteroatoms. The van der Waals surface area contributed by atoms with Gasteiger partial charge in [-0.2, -0.15) is 0 Å². The van der Waals surface area contributed by atoms with Crippen LogP contribution in [0, 0.1) is 3.95 Å². The lowest BCUT2D eigenvalue weighted by Crippen LogP contribution is -2.11. The Morgan fingerprint density at radius 2 is 2.00 bits per heavy atom. The van der Waals surface area contributed by atoms with Crippen molar-refractivity contribution in [3.8, 4) is 17.0 Å². The number of nitrogens with one attached hydrogen (secondary N) is 1. The van der Waals surface area contributed by atoms with Gasteiger partial charge in [0, 0.05) is 10.9 Å². The van der Waals surface area contributed by atoms with Crippen LogP contribution in [-0.2, 0) is 5.41 Å². The molecule has 18 heavy (non-hydrogen) atoms. The molecule has 1 heterocycles. The molecule has 0 aliphatic carbocycles. The fourth-order valence-electron chi connectivity index (χ4n) is 1.80. The summed E-state index contributed by atoms with van der Waals surface area (Å²) in [5.74, 6) is 0.868. The Morgan fingerprint density at radius 1 is 1.28 bits per heavy atom. The summed E-state index contributed by atoms with van der Waals surface area (Å²) >= 11 is 6.68. The standard InChI is InChI=1S/C14H17NOS2/c1-14(2,3)9-5-6-12(16-4)10(7-9)11-8-18-13(17)15-11/h5-8H,1-4H3,(H,15,17). The van der Waals surface area contributed by atoms with Crippen molar-refractivity contribution in [2.24, 2.45) is 0 Å². The molecular formula is C14H17NOS2. The molecule has 1 aromatic carbocycles. The van der Waals surface area contributed by atoms with Crippen molar-refractivity contribution in [1.82, 2.24) is 4.98 Å². The van der Waals surface area contributed by atoms with Crippen LogP contribution in [0.4, 0.5) is 0 Å². The minimum absolute atomic E-state index is 0.119. The summed E-state index contributed by atoms with van der Waals surface area (Å²) in [7, 11) is 1.69. The van der Waals surface area contributed by atoms with Crippen molar-refractivity contribution in [3.05, 3.63) is 33.1 Å². The van der Waals surface area contributed by atoms with Gasteiger partial charge < -0.3 is 9.72 Å². The van der Waals surface area contributed by atoms with Gasteiger partial charge in [0.05, 0.1) is 12.8 Å². The van der Waals surface area contributed by atoms with Gasteiger partial charge >= 0.3 is 0 Å². The Bertz CT molecular complexity index is 605. The average molecular weight is 279 g/mol. The van der Waals surface area contributed by atoms with E-state index in [2.05, 4.69) is 37.9 Å². The molecule has 0 atom stereocenters. The SMILES string of the molecule is COc1ccc(C(C)(C)C)cc1-c1csc(=S)[nH]1. The maximum atomic E-state index is 5.43. The molecule has 2 nitrogen and oxygen atoms in total. The van der Waals surface area contributed by atoms with Crippen LogP contribution < -0.4 is 4.74 Å². The topological polar surface area (TPSA) is 25.0 Å². The summed E-state index contributed by atoms with van der Waals surface area (Å²) in [5, 5.41) is 2.03. The van der Waals surface area contributed by atoms with E-state index in [1.165, 1.54) is 16.9 Å². The first-order valence-electron chi connectivity index (χ1n) is 5.78. The first-order valence-corrected chi connectivity index (χ1v) is 7.07. The second-order valence-electron chi connectivity index (χ2n) is 5.23. The number of aromatic amines is 1. The van der Waals surface area contributed by atoms with Gasteiger partial charge in [-0.1, -0.05) is 26.8 Å². The number of hydrogen-bond donors (Lipinski definition) is 1. The van der Waals surface area contributed by atoms with Crippen LogP contribution in [0.1, 0.15) is 26.3 Å². The molecule has 0 saturated carbocycles. The monoisotopic (exact) mass is 279 g/mol. The van der Waals surface area contributed by atoms with Crippen LogP contribution in [0.15, 0.2) is 23.6 Å². The van der Waals surface area contributed by atoms with Crippen LogP contribution in [0.3, 0.4) is 0 Å². The first kappa shape index (κ1) is 13.3. The van der Waals surface area contributed by atoms with E-state index < -0.39 is 0 Å². The smallest absolute Gasteiger partial charge is 0.158 e. The van der Waals surface area contributed by atoms with Crippen LogP contribution >= 0.6 is 23.6 Å². The zero-order valence-electron chi connectivity index (χ0n) is 11.0. The molecular weight excluding hydrogens is 262 g/mol. The third-order valence-electron chi connectivity index (χ3n) is 2.88. The lowest BCUT2D eigenvalue weighted by atomic mass is 9.86. The molecule has 96 valence electrons. The van der Waals surface area contributed by atoms with E-state index in [0.717, 1.165) is 21.0 Å². The highest BCUT2D eigenvalue weighted by molar-refractivity contribution is 7.73. The van der Waals surface area contributed by atoms with E-state index in [0.29, 0.717) is 0 Å². The van der Waals surface area contributed by atoms with Gasteiger partial charge in [-0.15, -0.1) is 11.3 Å². The lowest BCUT2D eigenvalue weighted by molar-refractivity contribution is 0.415. The third-order valence-corrected chi connectivity index (χ3v) is 3.94. The van der Waals surface area contributed by atoms with Crippen LogP contribution in [-0.4, -0.2) is 12.1 Å². The lowest BCUT2D eigenvalue weighted by Gasteiger charge is -2.20. The number of rotatable bonds is 2. The number of benzene rings is 1. The summed E-state index contributed by atoms with van der Waals surface area (Å²) in [6.45, 7) is 6.61. The molecule has 2 aromatic rings. The molecule has 1 aromatic heterocycles. The number of thiazole rings is 1. The number of hydrogen-bond acceptors (Lipinski definition) is 3. The van der Waals surface area contributed by atoms with Gasteiger partial charge in [-0.05, 0) is 35.3 Å².